The Hall–Kier alpha value is -1.10. The van der Waals surface area contributed by atoms with E-state index in [0.717, 1.165) is 0 Å². The Kier molecular flexibility index (Phi) is 3.53. The van der Waals surface area contributed by atoms with Gasteiger partial charge in [-0.3, -0.25) is 4.79 Å². The van der Waals surface area contributed by atoms with E-state index in [2.05, 4.69) is 5.32 Å². The van der Waals surface area contributed by atoms with Crippen LogP contribution >= 0.6 is 0 Å². The molecule has 4 N–H and O–H groups in total. The minimum atomic E-state index is -1.46. The number of hydrogen-bond donors (Lipinski definition) is 3. The van der Waals surface area contributed by atoms with Gasteiger partial charge in [-0.1, -0.05) is 0 Å². The summed E-state index contributed by atoms with van der Waals surface area (Å²) < 4.78 is 0. The maximum atomic E-state index is 10.8. The molecule has 1 amide bonds. The lowest BCUT2D eigenvalue weighted by Gasteiger charge is -2.10. The van der Waals surface area contributed by atoms with Gasteiger partial charge in [0, 0.05) is 6.04 Å². The summed E-state index contributed by atoms with van der Waals surface area (Å²) in [4.78, 5) is 20.9. The van der Waals surface area contributed by atoms with E-state index in [1.807, 2.05) is 0 Å². The number of carbonyl (C=O) groups is 2. The number of amides is 1. The molecular weight excluding hydrogens is 148 g/mol. The molecule has 1 unspecified atom stereocenters. The monoisotopic (exact) mass is 160 g/mol. The van der Waals surface area contributed by atoms with E-state index in [9.17, 15) is 9.59 Å². The zero-order valence-corrected chi connectivity index (χ0v) is 6.50. The molecule has 64 valence electrons. The normalized spacial score (nSPS) is 12.7. The lowest BCUT2D eigenvalue weighted by Crippen LogP contribution is -2.47. The molecule has 0 aromatic rings. The van der Waals surface area contributed by atoms with E-state index < -0.39 is 17.9 Å². The number of hydrogen-bond acceptors (Lipinski definition) is 3. The van der Waals surface area contributed by atoms with Gasteiger partial charge in [-0.05, 0) is 13.8 Å². The van der Waals surface area contributed by atoms with Crippen LogP contribution in [0.4, 0.5) is 0 Å². The van der Waals surface area contributed by atoms with Crippen molar-refractivity contribution in [3.63, 3.8) is 0 Å². The topological polar surface area (TPSA) is 92.4 Å². The number of carbonyl (C=O) groups excluding carboxylic acids is 1. The molecule has 0 heterocycles. The Morgan fingerprint density at radius 1 is 1.45 bits per heavy atom. The van der Waals surface area contributed by atoms with E-state index >= 15 is 0 Å². The van der Waals surface area contributed by atoms with Gasteiger partial charge in [0.15, 0.2) is 6.04 Å². The SMILES string of the molecule is CC(C)NC(=O)C(N)C(=O)O. The molecule has 0 saturated heterocycles. The van der Waals surface area contributed by atoms with Crippen molar-refractivity contribution in [2.75, 3.05) is 0 Å². The number of nitrogens with one attached hydrogen (secondary N) is 1. The lowest BCUT2D eigenvalue weighted by atomic mass is 10.3. The molecule has 0 bridgehead atoms. The van der Waals surface area contributed by atoms with Crippen LogP contribution in [0.1, 0.15) is 13.8 Å². The molecular formula is C6H12N2O3. The Balaban J connectivity index is 3.93. The number of aliphatic carboxylic acids is 1. The summed E-state index contributed by atoms with van der Waals surface area (Å²) in [6.07, 6.45) is 0. The summed E-state index contributed by atoms with van der Waals surface area (Å²) in [5, 5.41) is 10.7. The molecule has 5 nitrogen and oxygen atoms in total. The molecule has 0 radical (unpaired) electrons. The Bertz CT molecular complexity index is 167. The Morgan fingerprint density at radius 2 is 1.91 bits per heavy atom. The standard InChI is InChI=1S/C6H12N2O3/c1-3(2)8-5(9)4(7)6(10)11/h3-4H,7H2,1-2H3,(H,8,9)(H,10,11). The molecule has 1 atom stereocenters. The molecule has 0 saturated carbocycles. The summed E-state index contributed by atoms with van der Waals surface area (Å²) in [7, 11) is 0. The fourth-order valence-electron chi connectivity index (χ4n) is 0.486. The average Bonchev–Trinajstić information content (AvgIpc) is 1.84. The molecule has 0 aromatic carbocycles. The predicted molar refractivity (Wildman–Crippen MR) is 38.9 cm³/mol. The first-order valence-corrected chi connectivity index (χ1v) is 3.24. The number of rotatable bonds is 3. The molecule has 0 rings (SSSR count). The highest BCUT2D eigenvalue weighted by Crippen LogP contribution is 1.82. The minimum Gasteiger partial charge on any atom is -0.480 e. The van der Waals surface area contributed by atoms with Gasteiger partial charge in [0.2, 0.25) is 5.91 Å². The molecule has 0 fully saturated rings. The van der Waals surface area contributed by atoms with Crippen LogP contribution in [0.2, 0.25) is 0 Å². The highest BCUT2D eigenvalue weighted by Gasteiger charge is 2.20. The zero-order valence-electron chi connectivity index (χ0n) is 6.50. The summed E-state index contributed by atoms with van der Waals surface area (Å²) >= 11 is 0. The number of nitrogens with two attached hydrogens (primary N) is 1. The lowest BCUT2D eigenvalue weighted by molar-refractivity contribution is -0.142. The molecule has 5 heteroatoms. The minimum absolute atomic E-state index is 0.0899. The van der Waals surface area contributed by atoms with Crippen molar-refractivity contribution < 1.29 is 14.7 Å². The third-order valence-electron chi connectivity index (χ3n) is 0.979. The van der Waals surface area contributed by atoms with Gasteiger partial charge in [-0.15, -0.1) is 0 Å². The van der Waals surface area contributed by atoms with Crippen molar-refractivity contribution in [1.82, 2.24) is 5.32 Å². The van der Waals surface area contributed by atoms with Crippen LogP contribution in [0.25, 0.3) is 0 Å². The maximum Gasteiger partial charge on any atom is 0.330 e. The van der Waals surface area contributed by atoms with Crippen molar-refractivity contribution >= 4 is 11.9 Å². The molecule has 0 aliphatic rings. The fraction of sp³-hybridized carbons (Fsp3) is 0.667. The summed E-state index contributed by atoms with van der Waals surface area (Å²) in [6, 6.07) is -1.55. The van der Waals surface area contributed by atoms with Crippen LogP contribution in [-0.2, 0) is 9.59 Å². The third kappa shape index (κ3) is 3.57. The third-order valence-corrected chi connectivity index (χ3v) is 0.979. The second kappa shape index (κ2) is 3.92. The largest absolute Gasteiger partial charge is 0.480 e. The first kappa shape index (κ1) is 9.90. The Labute approximate surface area is 64.6 Å². The molecule has 0 aliphatic carbocycles. The van der Waals surface area contributed by atoms with Crippen molar-refractivity contribution in [3.05, 3.63) is 0 Å². The van der Waals surface area contributed by atoms with Crippen molar-refractivity contribution in [2.24, 2.45) is 5.73 Å². The van der Waals surface area contributed by atoms with Crippen LogP contribution in [0.3, 0.4) is 0 Å². The fourth-order valence-corrected chi connectivity index (χ4v) is 0.486. The van der Waals surface area contributed by atoms with E-state index in [1.54, 1.807) is 13.8 Å². The smallest absolute Gasteiger partial charge is 0.330 e. The van der Waals surface area contributed by atoms with Crippen LogP contribution in [0, 0.1) is 0 Å². The first-order chi connectivity index (χ1) is 4.95. The predicted octanol–water partition coefficient (Wildman–Crippen LogP) is -1.08. The van der Waals surface area contributed by atoms with Crippen LogP contribution in [-0.4, -0.2) is 29.1 Å². The second-order valence-electron chi connectivity index (χ2n) is 2.48. The first-order valence-electron chi connectivity index (χ1n) is 3.24. The molecule has 0 aliphatic heterocycles. The van der Waals surface area contributed by atoms with E-state index in [0.29, 0.717) is 0 Å². The van der Waals surface area contributed by atoms with Gasteiger partial charge in [-0.25, -0.2) is 4.79 Å². The van der Waals surface area contributed by atoms with E-state index in [4.69, 9.17) is 10.8 Å². The van der Waals surface area contributed by atoms with Gasteiger partial charge in [-0.2, -0.15) is 0 Å². The van der Waals surface area contributed by atoms with Gasteiger partial charge in [0.05, 0.1) is 0 Å². The van der Waals surface area contributed by atoms with Crippen molar-refractivity contribution in [2.45, 2.75) is 25.9 Å². The van der Waals surface area contributed by atoms with Gasteiger partial charge < -0.3 is 16.2 Å². The highest BCUT2D eigenvalue weighted by molar-refractivity contribution is 6.00. The summed E-state index contributed by atoms with van der Waals surface area (Å²) in [5.74, 6) is -1.98. The van der Waals surface area contributed by atoms with Gasteiger partial charge >= 0.3 is 5.97 Å². The quantitative estimate of drug-likeness (QED) is 0.458. The van der Waals surface area contributed by atoms with Crippen molar-refractivity contribution in [3.8, 4) is 0 Å². The summed E-state index contributed by atoms with van der Waals surface area (Å²) in [5.41, 5.74) is 5.00. The highest BCUT2D eigenvalue weighted by atomic mass is 16.4. The van der Waals surface area contributed by atoms with Crippen LogP contribution in [0.15, 0.2) is 0 Å². The number of carboxylic acids is 1. The average molecular weight is 160 g/mol. The van der Waals surface area contributed by atoms with E-state index in [-0.39, 0.29) is 6.04 Å². The number of carboxylic acid groups (broad SMARTS) is 1. The molecule has 0 spiro atoms. The molecule has 0 aromatic heterocycles. The van der Waals surface area contributed by atoms with Crippen LogP contribution in [0.5, 0.6) is 0 Å². The van der Waals surface area contributed by atoms with Crippen molar-refractivity contribution in [1.29, 1.82) is 0 Å². The van der Waals surface area contributed by atoms with Crippen LogP contribution < -0.4 is 11.1 Å². The summed E-state index contributed by atoms with van der Waals surface area (Å²) in [6.45, 7) is 3.46. The van der Waals surface area contributed by atoms with Gasteiger partial charge in [0.1, 0.15) is 0 Å². The zero-order chi connectivity index (χ0) is 9.02. The van der Waals surface area contributed by atoms with Gasteiger partial charge in [0.25, 0.3) is 0 Å². The second-order valence-corrected chi connectivity index (χ2v) is 2.48. The molecule has 11 heavy (non-hydrogen) atoms. The Morgan fingerprint density at radius 3 is 2.18 bits per heavy atom. The van der Waals surface area contributed by atoms with E-state index in [1.165, 1.54) is 0 Å². The maximum absolute atomic E-state index is 10.8.